The summed E-state index contributed by atoms with van der Waals surface area (Å²) < 4.78 is 5.49. The van der Waals surface area contributed by atoms with Crippen molar-refractivity contribution in [3.8, 4) is 5.75 Å². The Morgan fingerprint density at radius 2 is 1.77 bits per heavy atom. The first-order valence-corrected chi connectivity index (χ1v) is 7.56. The molecule has 0 fully saturated rings. The molecule has 0 saturated heterocycles. The highest BCUT2D eigenvalue weighted by Gasteiger charge is 2.00. The molecule has 0 aliphatic carbocycles. The predicted octanol–water partition coefficient (Wildman–Crippen LogP) is 3.26. The number of amides is 2. The van der Waals surface area contributed by atoms with Gasteiger partial charge < -0.3 is 15.4 Å². The summed E-state index contributed by atoms with van der Waals surface area (Å²) in [4.78, 5) is 11.6. The molecule has 2 N–H and O–H groups in total. The van der Waals surface area contributed by atoms with Crippen LogP contribution in [-0.2, 0) is 6.42 Å². The van der Waals surface area contributed by atoms with E-state index in [9.17, 15) is 4.79 Å². The normalized spacial score (nSPS) is 10.0. The van der Waals surface area contributed by atoms with Crippen molar-refractivity contribution in [3.63, 3.8) is 0 Å². The van der Waals surface area contributed by atoms with Crippen LogP contribution in [0.5, 0.6) is 5.75 Å². The van der Waals surface area contributed by atoms with Crippen molar-refractivity contribution in [1.82, 2.24) is 10.6 Å². The van der Waals surface area contributed by atoms with Gasteiger partial charge in [-0.1, -0.05) is 41.9 Å². The van der Waals surface area contributed by atoms with Crippen molar-refractivity contribution < 1.29 is 9.53 Å². The highest BCUT2D eigenvalue weighted by atomic mass is 35.5. The third kappa shape index (κ3) is 6.06. The summed E-state index contributed by atoms with van der Waals surface area (Å²) >= 11 is 5.91. The quantitative estimate of drug-likeness (QED) is 0.770. The Balaban J connectivity index is 1.56. The molecule has 2 amide bonds. The number of urea groups is 1. The summed E-state index contributed by atoms with van der Waals surface area (Å²) in [5.41, 5.74) is 1.10. The Labute approximate surface area is 135 Å². The lowest BCUT2D eigenvalue weighted by atomic mass is 10.1. The largest absolute Gasteiger partial charge is 0.492 e. The Morgan fingerprint density at radius 1 is 1.00 bits per heavy atom. The molecule has 5 heteroatoms. The molecule has 0 radical (unpaired) electrons. The zero-order valence-corrected chi connectivity index (χ0v) is 13.0. The van der Waals surface area contributed by atoms with Crippen LogP contribution >= 0.6 is 11.6 Å². The van der Waals surface area contributed by atoms with Gasteiger partial charge in [0.1, 0.15) is 12.4 Å². The van der Waals surface area contributed by atoms with Crippen LogP contribution in [0.25, 0.3) is 0 Å². The SMILES string of the molecule is O=C(NCCOc1ccccc1)NCCc1cccc(Cl)c1. The summed E-state index contributed by atoms with van der Waals surface area (Å²) in [7, 11) is 0. The third-order valence-electron chi connectivity index (χ3n) is 2.99. The van der Waals surface area contributed by atoms with Crippen molar-refractivity contribution in [3.05, 3.63) is 65.2 Å². The van der Waals surface area contributed by atoms with Crippen molar-refractivity contribution in [2.75, 3.05) is 19.7 Å². The number of para-hydroxylation sites is 1. The van der Waals surface area contributed by atoms with E-state index in [-0.39, 0.29) is 6.03 Å². The Kier molecular flexibility index (Phi) is 6.58. The van der Waals surface area contributed by atoms with Gasteiger partial charge in [-0.3, -0.25) is 0 Å². The number of carbonyl (C=O) groups is 1. The Morgan fingerprint density at radius 3 is 2.55 bits per heavy atom. The lowest BCUT2D eigenvalue weighted by Gasteiger charge is -2.09. The zero-order valence-electron chi connectivity index (χ0n) is 12.2. The molecule has 0 aliphatic rings. The molecule has 0 atom stereocenters. The van der Waals surface area contributed by atoms with Gasteiger partial charge in [0.05, 0.1) is 6.54 Å². The van der Waals surface area contributed by atoms with E-state index in [0.717, 1.165) is 17.7 Å². The van der Waals surface area contributed by atoms with Crippen molar-refractivity contribution in [2.24, 2.45) is 0 Å². The average molecular weight is 319 g/mol. The van der Waals surface area contributed by atoms with Gasteiger partial charge in [-0.05, 0) is 36.2 Å². The number of hydrogen-bond donors (Lipinski definition) is 2. The number of benzene rings is 2. The van der Waals surface area contributed by atoms with Gasteiger partial charge in [0.15, 0.2) is 0 Å². The van der Waals surface area contributed by atoms with E-state index in [0.29, 0.717) is 24.7 Å². The summed E-state index contributed by atoms with van der Waals surface area (Å²) in [6, 6.07) is 16.9. The first-order valence-electron chi connectivity index (χ1n) is 7.18. The number of carbonyl (C=O) groups excluding carboxylic acids is 1. The molecule has 0 aromatic heterocycles. The van der Waals surface area contributed by atoms with E-state index in [4.69, 9.17) is 16.3 Å². The maximum Gasteiger partial charge on any atom is 0.314 e. The molecule has 22 heavy (non-hydrogen) atoms. The number of nitrogens with one attached hydrogen (secondary N) is 2. The average Bonchev–Trinajstić information content (AvgIpc) is 2.53. The van der Waals surface area contributed by atoms with E-state index >= 15 is 0 Å². The minimum absolute atomic E-state index is 0.196. The van der Waals surface area contributed by atoms with E-state index in [1.54, 1.807) is 0 Å². The smallest absolute Gasteiger partial charge is 0.314 e. The lowest BCUT2D eigenvalue weighted by Crippen LogP contribution is -2.38. The monoisotopic (exact) mass is 318 g/mol. The van der Waals surface area contributed by atoms with Crippen LogP contribution in [-0.4, -0.2) is 25.7 Å². The summed E-state index contributed by atoms with van der Waals surface area (Å²) in [5.74, 6) is 0.797. The van der Waals surface area contributed by atoms with Gasteiger partial charge in [-0.15, -0.1) is 0 Å². The van der Waals surface area contributed by atoms with Crippen LogP contribution in [0.4, 0.5) is 4.79 Å². The maximum atomic E-state index is 11.6. The van der Waals surface area contributed by atoms with Gasteiger partial charge in [0.2, 0.25) is 0 Å². The second-order valence-electron chi connectivity index (χ2n) is 4.72. The molecule has 0 heterocycles. The fourth-order valence-electron chi connectivity index (χ4n) is 1.93. The number of ether oxygens (including phenoxy) is 1. The van der Waals surface area contributed by atoms with E-state index in [1.165, 1.54) is 0 Å². The second-order valence-corrected chi connectivity index (χ2v) is 5.16. The second kappa shape index (κ2) is 8.95. The van der Waals surface area contributed by atoms with Crippen LogP contribution in [0.15, 0.2) is 54.6 Å². The third-order valence-corrected chi connectivity index (χ3v) is 3.22. The first-order chi connectivity index (χ1) is 10.7. The van der Waals surface area contributed by atoms with Crippen molar-refractivity contribution >= 4 is 17.6 Å². The molecule has 2 aromatic rings. The summed E-state index contributed by atoms with van der Waals surface area (Å²) in [6.07, 6.45) is 0.745. The topological polar surface area (TPSA) is 50.4 Å². The molecule has 0 spiro atoms. The van der Waals surface area contributed by atoms with Gasteiger partial charge >= 0.3 is 6.03 Å². The molecule has 116 valence electrons. The minimum atomic E-state index is -0.196. The van der Waals surface area contributed by atoms with Crippen LogP contribution < -0.4 is 15.4 Å². The predicted molar refractivity (Wildman–Crippen MR) is 88.5 cm³/mol. The maximum absolute atomic E-state index is 11.6. The molecule has 0 saturated carbocycles. The molecule has 0 aliphatic heterocycles. The van der Waals surface area contributed by atoms with Gasteiger partial charge in [0, 0.05) is 11.6 Å². The molecule has 4 nitrogen and oxygen atoms in total. The number of halogens is 1. The van der Waals surface area contributed by atoms with Gasteiger partial charge in [-0.25, -0.2) is 4.79 Å². The highest BCUT2D eigenvalue weighted by Crippen LogP contribution is 2.10. The molecule has 0 unspecified atom stereocenters. The standard InChI is InChI=1S/C17H19ClN2O2/c18-15-6-4-5-14(13-15)9-10-19-17(21)20-11-12-22-16-7-2-1-3-8-16/h1-8,13H,9-12H2,(H2,19,20,21). The molecule has 0 bridgehead atoms. The molecule has 2 rings (SSSR count). The molecular weight excluding hydrogens is 300 g/mol. The van der Waals surface area contributed by atoms with Crippen LogP contribution in [0.3, 0.4) is 0 Å². The molecule has 2 aromatic carbocycles. The summed E-state index contributed by atoms with van der Waals surface area (Å²) in [5, 5.41) is 6.26. The van der Waals surface area contributed by atoms with E-state index in [2.05, 4.69) is 10.6 Å². The fraction of sp³-hybridized carbons (Fsp3) is 0.235. The number of rotatable bonds is 7. The fourth-order valence-corrected chi connectivity index (χ4v) is 2.14. The Hall–Kier alpha value is -2.20. The van der Waals surface area contributed by atoms with Crippen LogP contribution in [0.1, 0.15) is 5.56 Å². The summed E-state index contributed by atoms with van der Waals surface area (Å²) in [6.45, 7) is 1.45. The lowest BCUT2D eigenvalue weighted by molar-refractivity contribution is 0.236. The van der Waals surface area contributed by atoms with Crippen LogP contribution in [0, 0.1) is 0 Å². The first kappa shape index (κ1) is 16.2. The molecular formula is C17H19ClN2O2. The van der Waals surface area contributed by atoms with Crippen molar-refractivity contribution in [1.29, 1.82) is 0 Å². The van der Waals surface area contributed by atoms with E-state index < -0.39 is 0 Å². The van der Waals surface area contributed by atoms with Crippen LogP contribution in [0.2, 0.25) is 5.02 Å². The van der Waals surface area contributed by atoms with Gasteiger partial charge in [0.25, 0.3) is 0 Å². The highest BCUT2D eigenvalue weighted by molar-refractivity contribution is 6.30. The van der Waals surface area contributed by atoms with Crippen molar-refractivity contribution in [2.45, 2.75) is 6.42 Å². The number of hydrogen-bond acceptors (Lipinski definition) is 2. The van der Waals surface area contributed by atoms with E-state index in [1.807, 2.05) is 54.6 Å². The zero-order chi connectivity index (χ0) is 15.6. The van der Waals surface area contributed by atoms with Gasteiger partial charge in [-0.2, -0.15) is 0 Å². The Bertz CT molecular complexity index is 590. The minimum Gasteiger partial charge on any atom is -0.492 e.